The maximum Gasteiger partial charge on any atom is 0.433 e. The molecule has 0 unspecified atom stereocenters. The second-order valence-electron chi connectivity index (χ2n) is 10.7. The Kier molecular flexibility index (Phi) is 9.13. The van der Waals surface area contributed by atoms with Gasteiger partial charge < -0.3 is 10.0 Å². The van der Waals surface area contributed by atoms with Crippen molar-refractivity contribution < 1.29 is 32.7 Å². The van der Waals surface area contributed by atoms with Crippen LogP contribution < -0.4 is 0 Å². The average Bonchev–Trinajstić information content (AvgIpc) is 3.23. The number of aromatic nitrogens is 3. The Morgan fingerprint density at radius 2 is 1.68 bits per heavy atom. The van der Waals surface area contributed by atoms with E-state index < -0.39 is 59.0 Å². The van der Waals surface area contributed by atoms with Gasteiger partial charge in [0.05, 0.1) is 46.4 Å². The van der Waals surface area contributed by atoms with Crippen LogP contribution >= 0.6 is 23.2 Å². The van der Waals surface area contributed by atoms with E-state index in [-0.39, 0.29) is 28.6 Å². The lowest BCUT2D eigenvalue weighted by atomic mass is 9.82. The Hall–Kier alpha value is -2.66. The number of rotatable bonds is 8. The number of carbonyl (C=O) groups is 3. The summed E-state index contributed by atoms with van der Waals surface area (Å²) in [4.78, 5) is 42.9. The lowest BCUT2D eigenvalue weighted by molar-refractivity contribution is -0.146. The normalized spacial score (nSPS) is 18.3. The van der Waals surface area contributed by atoms with E-state index in [0.717, 1.165) is 15.8 Å². The van der Waals surface area contributed by atoms with E-state index in [2.05, 4.69) is 10.1 Å². The van der Waals surface area contributed by atoms with E-state index in [0.29, 0.717) is 25.7 Å². The Balaban J connectivity index is 2.04. The van der Waals surface area contributed by atoms with Gasteiger partial charge in [0.1, 0.15) is 0 Å². The van der Waals surface area contributed by atoms with Gasteiger partial charge in [0, 0.05) is 18.9 Å². The predicted molar refractivity (Wildman–Crippen MR) is 134 cm³/mol. The second-order valence-corrected chi connectivity index (χ2v) is 11.5. The molecule has 0 aliphatic heterocycles. The van der Waals surface area contributed by atoms with Crippen LogP contribution in [0.3, 0.4) is 0 Å². The monoisotopic (exact) mass is 576 g/mol. The third kappa shape index (κ3) is 7.05. The number of hydrogen-bond donors (Lipinski definition) is 1. The van der Waals surface area contributed by atoms with Crippen molar-refractivity contribution in [3.63, 3.8) is 0 Å². The topological polar surface area (TPSA) is 105 Å². The zero-order chi connectivity index (χ0) is 28.4. The fourth-order valence-corrected chi connectivity index (χ4v) is 5.47. The Bertz CT molecular complexity index is 1190. The Morgan fingerprint density at radius 3 is 2.24 bits per heavy atom. The van der Waals surface area contributed by atoms with Crippen LogP contribution in [0.4, 0.5) is 13.2 Å². The molecule has 0 aromatic carbocycles. The van der Waals surface area contributed by atoms with Gasteiger partial charge in [-0.2, -0.15) is 18.3 Å². The molecule has 0 saturated heterocycles. The molecule has 2 heterocycles. The van der Waals surface area contributed by atoms with Crippen molar-refractivity contribution in [1.29, 1.82) is 0 Å². The highest BCUT2D eigenvalue weighted by Crippen LogP contribution is 2.41. The van der Waals surface area contributed by atoms with E-state index in [9.17, 15) is 32.7 Å². The lowest BCUT2D eigenvalue weighted by Gasteiger charge is -2.33. The minimum atomic E-state index is -4.96. The quantitative estimate of drug-likeness (QED) is 0.376. The van der Waals surface area contributed by atoms with Crippen LogP contribution in [0.1, 0.15) is 85.3 Å². The molecule has 1 N–H and O–H groups in total. The molecule has 208 valence electrons. The number of carbonyl (C=O) groups excluding carboxylic acids is 2. The summed E-state index contributed by atoms with van der Waals surface area (Å²) in [5, 5.41) is 13.1. The van der Waals surface area contributed by atoms with Crippen LogP contribution in [0.5, 0.6) is 0 Å². The van der Waals surface area contributed by atoms with Crippen LogP contribution in [-0.2, 0) is 11.0 Å². The SMILES string of the molecule is CC(C)(C)CN(CC(=O)c1c(Cl)cncc1Cl)C(=O)c1cnn([C@@H]2CCCC[C@H]2CC(=O)O)c1C(F)(F)F. The van der Waals surface area contributed by atoms with E-state index in [1.165, 1.54) is 12.4 Å². The molecule has 1 aliphatic carbocycles. The molecule has 3 rings (SSSR count). The number of carboxylic acid groups (broad SMARTS) is 1. The van der Waals surface area contributed by atoms with Crippen molar-refractivity contribution in [2.75, 3.05) is 13.1 Å². The standard InChI is InChI=1S/C25H29Cl2F3N4O4/c1-24(2,3)13-33(12-19(35)21-16(26)10-31-11-17(21)27)23(38)15-9-32-34(22(15)25(28,29)30)18-7-5-4-6-14(18)8-20(36)37/h9-11,14,18H,4-8,12-13H2,1-3H3,(H,36,37)/t14-,18+/m0/s1. The van der Waals surface area contributed by atoms with E-state index in [4.69, 9.17) is 23.2 Å². The fraction of sp³-hybridized carbons (Fsp3) is 0.560. The third-order valence-electron chi connectivity index (χ3n) is 6.33. The molecule has 1 aliphatic rings. The summed E-state index contributed by atoms with van der Waals surface area (Å²) >= 11 is 12.2. The highest BCUT2D eigenvalue weighted by atomic mass is 35.5. The first kappa shape index (κ1) is 29.9. The summed E-state index contributed by atoms with van der Waals surface area (Å²) in [5.74, 6) is -3.36. The van der Waals surface area contributed by atoms with E-state index in [1.54, 1.807) is 20.8 Å². The minimum Gasteiger partial charge on any atom is -0.481 e. The maximum absolute atomic E-state index is 14.4. The molecule has 1 fully saturated rings. The number of carboxylic acids is 1. The summed E-state index contributed by atoms with van der Waals surface area (Å²) in [6.45, 7) is 4.70. The number of alkyl halides is 3. The van der Waals surface area contributed by atoms with Crippen molar-refractivity contribution in [2.45, 2.75) is 65.1 Å². The summed E-state index contributed by atoms with van der Waals surface area (Å²) < 4.78 is 44.0. The molecule has 1 amide bonds. The number of pyridine rings is 1. The van der Waals surface area contributed by atoms with Crippen LogP contribution in [0, 0.1) is 11.3 Å². The van der Waals surface area contributed by atoms with Crippen molar-refractivity contribution >= 4 is 40.9 Å². The van der Waals surface area contributed by atoms with Crippen LogP contribution in [0.25, 0.3) is 0 Å². The van der Waals surface area contributed by atoms with Crippen molar-refractivity contribution in [3.8, 4) is 0 Å². The summed E-state index contributed by atoms with van der Waals surface area (Å²) in [5.41, 5.74) is -2.62. The average molecular weight is 577 g/mol. The number of halogens is 5. The minimum absolute atomic E-state index is 0.0452. The summed E-state index contributed by atoms with van der Waals surface area (Å²) in [6.07, 6.45) is 0.0637. The zero-order valence-electron chi connectivity index (χ0n) is 21.2. The van der Waals surface area contributed by atoms with E-state index in [1.807, 2.05) is 0 Å². The molecule has 0 radical (unpaired) electrons. The van der Waals surface area contributed by atoms with E-state index >= 15 is 0 Å². The molecule has 13 heteroatoms. The predicted octanol–water partition coefficient (Wildman–Crippen LogP) is 6.18. The van der Waals surface area contributed by atoms with Gasteiger partial charge in [0.2, 0.25) is 0 Å². The Morgan fingerprint density at radius 1 is 1.08 bits per heavy atom. The molecule has 1 saturated carbocycles. The van der Waals surface area contributed by atoms with Crippen LogP contribution in [0.15, 0.2) is 18.6 Å². The van der Waals surface area contributed by atoms with Gasteiger partial charge in [-0.15, -0.1) is 0 Å². The molecular weight excluding hydrogens is 548 g/mol. The number of aliphatic carboxylic acids is 1. The number of hydrogen-bond acceptors (Lipinski definition) is 5. The van der Waals surface area contributed by atoms with Gasteiger partial charge in [-0.3, -0.25) is 24.0 Å². The molecule has 0 spiro atoms. The zero-order valence-corrected chi connectivity index (χ0v) is 22.7. The summed E-state index contributed by atoms with van der Waals surface area (Å²) in [6, 6.07) is -0.829. The molecule has 2 atom stereocenters. The van der Waals surface area contributed by atoms with Gasteiger partial charge in [-0.05, 0) is 24.2 Å². The number of ketones is 1. The highest BCUT2D eigenvalue weighted by Gasteiger charge is 2.44. The van der Waals surface area contributed by atoms with Gasteiger partial charge in [0.15, 0.2) is 11.5 Å². The largest absolute Gasteiger partial charge is 0.481 e. The Labute approximate surface area is 228 Å². The first-order valence-corrected chi connectivity index (χ1v) is 12.8. The van der Waals surface area contributed by atoms with Gasteiger partial charge >= 0.3 is 12.1 Å². The fourth-order valence-electron chi connectivity index (χ4n) is 4.90. The number of nitrogens with zero attached hydrogens (tertiary/aromatic N) is 4. The van der Waals surface area contributed by atoms with Gasteiger partial charge in [-0.1, -0.05) is 56.8 Å². The molecule has 38 heavy (non-hydrogen) atoms. The van der Waals surface area contributed by atoms with Gasteiger partial charge in [-0.25, -0.2) is 0 Å². The van der Waals surface area contributed by atoms with Crippen LogP contribution in [0.2, 0.25) is 10.0 Å². The molecule has 0 bridgehead atoms. The van der Waals surface area contributed by atoms with Gasteiger partial charge in [0.25, 0.3) is 5.91 Å². The maximum atomic E-state index is 14.4. The molecule has 8 nitrogen and oxygen atoms in total. The highest BCUT2D eigenvalue weighted by molar-refractivity contribution is 6.39. The lowest BCUT2D eigenvalue weighted by Crippen LogP contribution is -2.42. The number of Topliss-reactive ketones (excluding diaryl/α,β-unsaturated/α-hetero) is 1. The summed E-state index contributed by atoms with van der Waals surface area (Å²) in [7, 11) is 0. The van der Waals surface area contributed by atoms with Crippen molar-refractivity contribution in [2.24, 2.45) is 11.3 Å². The smallest absolute Gasteiger partial charge is 0.433 e. The first-order valence-electron chi connectivity index (χ1n) is 12.1. The molecule has 2 aromatic heterocycles. The molecule has 2 aromatic rings. The van der Waals surface area contributed by atoms with Crippen LogP contribution in [-0.4, -0.2) is 55.5 Å². The number of amides is 1. The second kappa shape index (κ2) is 11.6. The molecular formula is C25H29Cl2F3N4O4. The first-order chi connectivity index (χ1) is 17.6. The third-order valence-corrected chi connectivity index (χ3v) is 6.91. The van der Waals surface area contributed by atoms with Crippen molar-refractivity contribution in [1.82, 2.24) is 19.7 Å². The van der Waals surface area contributed by atoms with Crippen molar-refractivity contribution in [3.05, 3.63) is 45.5 Å².